The number of amides is 1. The highest BCUT2D eigenvalue weighted by Gasteiger charge is 2.42. The van der Waals surface area contributed by atoms with Crippen LogP contribution in [0.2, 0.25) is 0 Å². The average Bonchev–Trinajstić information content (AvgIpc) is 3.35. The van der Waals surface area contributed by atoms with Crippen molar-refractivity contribution in [2.45, 2.75) is 25.3 Å². The molecule has 9 heteroatoms. The van der Waals surface area contributed by atoms with Crippen LogP contribution in [0.4, 0.5) is 5.69 Å². The second-order valence-corrected chi connectivity index (χ2v) is 6.51. The van der Waals surface area contributed by atoms with Gasteiger partial charge in [0.25, 0.3) is 5.91 Å². The maximum absolute atomic E-state index is 13.1. The van der Waals surface area contributed by atoms with Crippen molar-refractivity contribution in [2.24, 2.45) is 0 Å². The summed E-state index contributed by atoms with van der Waals surface area (Å²) >= 11 is 0. The van der Waals surface area contributed by atoms with Crippen LogP contribution >= 0.6 is 12.4 Å². The van der Waals surface area contributed by atoms with Gasteiger partial charge < -0.3 is 10.6 Å². The Balaban J connectivity index is 0.00000210. The lowest BCUT2D eigenvalue weighted by atomic mass is 9.87. The Morgan fingerprint density at radius 3 is 2.56 bits per heavy atom. The lowest BCUT2D eigenvalue weighted by molar-refractivity contribution is -0.126. The molecular weight excluding hydrogens is 366 g/mol. The topological polar surface area (TPSA) is 101 Å². The van der Waals surface area contributed by atoms with Crippen molar-refractivity contribution in [1.82, 2.24) is 30.3 Å². The molecule has 1 saturated heterocycles. The van der Waals surface area contributed by atoms with E-state index in [2.05, 4.69) is 30.9 Å². The van der Waals surface area contributed by atoms with Crippen LogP contribution in [0.5, 0.6) is 0 Å². The van der Waals surface area contributed by atoms with Crippen LogP contribution < -0.4 is 10.6 Å². The smallest absolute Gasteiger partial charge is 0.252 e. The zero-order valence-electron chi connectivity index (χ0n) is 15.0. The molecule has 1 aromatic carbocycles. The molecule has 1 fully saturated rings. The predicted molar refractivity (Wildman–Crippen MR) is 105 cm³/mol. The molecule has 0 radical (unpaired) electrons. The monoisotopic (exact) mass is 387 g/mol. The number of anilines is 1. The second-order valence-electron chi connectivity index (χ2n) is 6.51. The first kappa shape index (κ1) is 19.1. The summed E-state index contributed by atoms with van der Waals surface area (Å²) < 4.78 is 1.79. The lowest BCUT2D eigenvalue weighted by Gasteiger charge is -2.36. The Labute approximate surface area is 163 Å². The fourth-order valence-electron chi connectivity index (χ4n) is 3.34. The van der Waals surface area contributed by atoms with Crippen LogP contribution in [0, 0.1) is 6.92 Å². The van der Waals surface area contributed by atoms with Crippen molar-refractivity contribution in [3.8, 4) is 11.4 Å². The number of piperidine rings is 1. The molecule has 0 saturated carbocycles. The fraction of sp³-hybridized carbons (Fsp3) is 0.333. The minimum atomic E-state index is -0.658. The third-order valence-electron chi connectivity index (χ3n) is 4.79. The molecule has 1 aliphatic heterocycles. The third kappa shape index (κ3) is 3.72. The van der Waals surface area contributed by atoms with Crippen molar-refractivity contribution in [1.29, 1.82) is 0 Å². The number of rotatable bonds is 4. The molecule has 0 spiro atoms. The molecule has 0 bridgehead atoms. The van der Waals surface area contributed by atoms with Gasteiger partial charge >= 0.3 is 0 Å². The van der Waals surface area contributed by atoms with Crippen LogP contribution in [0.15, 0.2) is 42.7 Å². The molecule has 4 rings (SSSR count). The maximum Gasteiger partial charge on any atom is 0.252 e. The number of nitrogens with one attached hydrogen (secondary N) is 3. The van der Waals surface area contributed by atoms with E-state index in [4.69, 9.17) is 0 Å². The molecule has 27 heavy (non-hydrogen) atoms. The summed E-state index contributed by atoms with van der Waals surface area (Å²) in [6, 6.07) is 9.40. The Morgan fingerprint density at radius 1 is 1.22 bits per heavy atom. The average molecular weight is 388 g/mol. The summed E-state index contributed by atoms with van der Waals surface area (Å²) in [4.78, 5) is 17.4. The van der Waals surface area contributed by atoms with Crippen LogP contribution in [-0.4, -0.2) is 44.0 Å². The maximum atomic E-state index is 13.1. The van der Waals surface area contributed by atoms with E-state index in [1.54, 1.807) is 10.9 Å². The van der Waals surface area contributed by atoms with Gasteiger partial charge in [0.1, 0.15) is 11.4 Å². The van der Waals surface area contributed by atoms with Gasteiger partial charge in [-0.2, -0.15) is 10.2 Å². The summed E-state index contributed by atoms with van der Waals surface area (Å²) in [6.45, 7) is 3.44. The van der Waals surface area contributed by atoms with Crippen LogP contribution in [0.3, 0.4) is 0 Å². The van der Waals surface area contributed by atoms with Gasteiger partial charge in [-0.05, 0) is 63.2 Å². The molecule has 1 aliphatic rings. The summed E-state index contributed by atoms with van der Waals surface area (Å²) in [6.07, 6.45) is 4.98. The third-order valence-corrected chi connectivity index (χ3v) is 4.79. The van der Waals surface area contributed by atoms with Gasteiger partial charge in [0.15, 0.2) is 5.82 Å². The fourth-order valence-corrected chi connectivity index (χ4v) is 3.34. The number of halogens is 1. The zero-order valence-corrected chi connectivity index (χ0v) is 15.8. The number of nitrogens with zero attached hydrogens (tertiary/aromatic N) is 4. The van der Waals surface area contributed by atoms with E-state index in [1.807, 2.05) is 43.5 Å². The number of carbonyl (C=O) groups excluding carboxylic acids is 1. The molecule has 1 amide bonds. The summed E-state index contributed by atoms with van der Waals surface area (Å²) in [5.41, 5.74) is 0.987. The lowest BCUT2D eigenvalue weighted by Crippen LogP contribution is -2.52. The molecule has 0 atom stereocenters. The molecule has 3 heterocycles. The Bertz CT molecular complexity index is 883. The van der Waals surface area contributed by atoms with E-state index in [1.165, 1.54) is 0 Å². The number of hydrogen-bond acceptors (Lipinski definition) is 5. The molecule has 2 aromatic heterocycles. The number of aryl methyl sites for hydroxylation is 1. The number of carbonyl (C=O) groups is 1. The van der Waals surface area contributed by atoms with Gasteiger partial charge in [-0.25, -0.2) is 4.98 Å². The molecular formula is C18H22ClN7O. The Morgan fingerprint density at radius 2 is 1.96 bits per heavy atom. The highest BCUT2D eigenvalue weighted by Crippen LogP contribution is 2.29. The van der Waals surface area contributed by atoms with E-state index >= 15 is 0 Å². The Hall–Kier alpha value is -2.71. The number of benzene rings is 1. The van der Waals surface area contributed by atoms with Gasteiger partial charge in [0.05, 0.1) is 0 Å². The standard InChI is InChI=1S/C18H21N7O.ClH/c1-13-21-16(24-23-13)14-3-5-15(6-4-14)22-17(26)18(7-10-19-11-8-18)25-12-2-9-20-25;/h2-6,9,12,19H,7-8,10-11H2,1H3,(H,22,26)(H,21,23,24);1H. The van der Waals surface area contributed by atoms with Crippen molar-refractivity contribution in [3.05, 3.63) is 48.5 Å². The van der Waals surface area contributed by atoms with Gasteiger partial charge in [-0.3, -0.25) is 14.6 Å². The predicted octanol–water partition coefficient (Wildman–Crippen LogP) is 2.12. The summed E-state index contributed by atoms with van der Waals surface area (Å²) in [5, 5.41) is 17.7. The number of aromatic amines is 1. The molecule has 0 aliphatic carbocycles. The van der Waals surface area contributed by atoms with E-state index < -0.39 is 5.54 Å². The quantitative estimate of drug-likeness (QED) is 0.636. The van der Waals surface area contributed by atoms with Crippen molar-refractivity contribution < 1.29 is 4.79 Å². The van der Waals surface area contributed by atoms with Crippen LogP contribution in [0.1, 0.15) is 18.7 Å². The van der Waals surface area contributed by atoms with Crippen LogP contribution in [0.25, 0.3) is 11.4 Å². The van der Waals surface area contributed by atoms with E-state index in [0.717, 1.165) is 30.2 Å². The first-order valence-corrected chi connectivity index (χ1v) is 8.69. The van der Waals surface area contributed by atoms with E-state index in [-0.39, 0.29) is 18.3 Å². The first-order chi connectivity index (χ1) is 12.7. The van der Waals surface area contributed by atoms with Gasteiger partial charge in [-0.1, -0.05) is 0 Å². The SMILES string of the molecule is Cc1nc(-c2ccc(NC(=O)C3(n4cccn4)CCNCC3)cc2)n[nH]1.Cl. The largest absolute Gasteiger partial charge is 0.324 e. The number of hydrogen-bond donors (Lipinski definition) is 3. The van der Waals surface area contributed by atoms with Crippen molar-refractivity contribution in [3.63, 3.8) is 0 Å². The summed E-state index contributed by atoms with van der Waals surface area (Å²) in [5.74, 6) is 1.38. The zero-order chi connectivity index (χ0) is 18.0. The number of H-pyrrole nitrogens is 1. The van der Waals surface area contributed by atoms with Crippen molar-refractivity contribution >= 4 is 24.0 Å². The molecule has 3 N–H and O–H groups in total. The van der Waals surface area contributed by atoms with E-state index in [0.29, 0.717) is 18.7 Å². The van der Waals surface area contributed by atoms with E-state index in [9.17, 15) is 4.79 Å². The minimum Gasteiger partial charge on any atom is -0.324 e. The van der Waals surface area contributed by atoms with Gasteiger partial charge in [-0.15, -0.1) is 12.4 Å². The molecule has 142 valence electrons. The molecule has 3 aromatic rings. The highest BCUT2D eigenvalue weighted by atomic mass is 35.5. The van der Waals surface area contributed by atoms with Crippen LogP contribution in [-0.2, 0) is 10.3 Å². The van der Waals surface area contributed by atoms with Crippen molar-refractivity contribution in [2.75, 3.05) is 18.4 Å². The molecule has 8 nitrogen and oxygen atoms in total. The van der Waals surface area contributed by atoms with Gasteiger partial charge in [0.2, 0.25) is 0 Å². The normalized spacial score (nSPS) is 15.7. The minimum absolute atomic E-state index is 0. The Kier molecular flexibility index (Phi) is 5.57. The summed E-state index contributed by atoms with van der Waals surface area (Å²) in [7, 11) is 0. The number of aromatic nitrogens is 5. The highest BCUT2D eigenvalue weighted by molar-refractivity contribution is 5.97. The molecule has 0 unspecified atom stereocenters. The first-order valence-electron chi connectivity index (χ1n) is 8.69. The second kappa shape index (κ2) is 7.89. The van der Waals surface area contributed by atoms with Gasteiger partial charge in [0, 0.05) is 23.6 Å².